The number of hydrogen-bond acceptors (Lipinski definition) is 6. The summed E-state index contributed by atoms with van der Waals surface area (Å²) in [6.45, 7) is 4.41. The highest BCUT2D eigenvalue weighted by atomic mass is 35.5. The van der Waals surface area contributed by atoms with Gasteiger partial charge in [-0.05, 0) is 68.0 Å². The highest BCUT2D eigenvalue weighted by molar-refractivity contribution is 6.37. The predicted octanol–water partition coefficient (Wildman–Crippen LogP) is 6.76. The first-order chi connectivity index (χ1) is 22.0. The maximum Gasteiger partial charge on any atom is 0.404 e. The van der Waals surface area contributed by atoms with Crippen molar-refractivity contribution in [3.63, 3.8) is 0 Å². The topological polar surface area (TPSA) is 124 Å². The van der Waals surface area contributed by atoms with Crippen molar-refractivity contribution in [3.05, 3.63) is 91.3 Å². The van der Waals surface area contributed by atoms with E-state index in [-0.39, 0.29) is 43.3 Å². The van der Waals surface area contributed by atoms with Crippen molar-refractivity contribution in [3.8, 4) is 11.5 Å². The Morgan fingerprint density at radius 1 is 1.07 bits per heavy atom. The molecule has 46 heavy (non-hydrogen) atoms. The van der Waals surface area contributed by atoms with E-state index < -0.39 is 18.1 Å². The fourth-order valence-corrected chi connectivity index (χ4v) is 6.11. The Bertz CT molecular complexity index is 1490. The van der Waals surface area contributed by atoms with Crippen LogP contribution < -0.4 is 19.5 Å². The summed E-state index contributed by atoms with van der Waals surface area (Å²) >= 11 is 18.9. The van der Waals surface area contributed by atoms with Crippen molar-refractivity contribution in [2.75, 3.05) is 26.9 Å². The summed E-state index contributed by atoms with van der Waals surface area (Å²) in [5.74, 6) is 0.140. The third-order valence-electron chi connectivity index (χ3n) is 7.71. The van der Waals surface area contributed by atoms with Gasteiger partial charge in [-0.3, -0.25) is 4.79 Å². The van der Waals surface area contributed by atoms with Gasteiger partial charge in [0.05, 0.1) is 16.0 Å². The van der Waals surface area contributed by atoms with Crippen LogP contribution in [-0.4, -0.2) is 54.9 Å². The average Bonchev–Trinajstić information content (AvgIpc) is 3.85. The number of pyridine rings is 1. The van der Waals surface area contributed by atoms with Crippen molar-refractivity contribution in [2.24, 2.45) is 5.92 Å². The molecule has 2 N–H and O–H groups in total. The molecule has 0 spiro atoms. The fourth-order valence-electron chi connectivity index (χ4n) is 5.21. The van der Waals surface area contributed by atoms with E-state index in [1.165, 1.54) is 13.3 Å². The Balaban J connectivity index is 1.43. The quantitative estimate of drug-likeness (QED) is 0.0965. The van der Waals surface area contributed by atoms with Crippen LogP contribution in [0.15, 0.2) is 48.7 Å². The van der Waals surface area contributed by atoms with Gasteiger partial charge in [0.1, 0.15) is 30.1 Å². The molecule has 0 saturated heterocycles. The number of aryl methyl sites for hydroxylation is 1. The number of carboxylic acid groups (broad SMARTS) is 1. The van der Waals surface area contributed by atoms with E-state index in [1.54, 1.807) is 35.2 Å². The molecular weight excluding hydrogens is 657 g/mol. The Morgan fingerprint density at radius 2 is 1.72 bits per heavy atom. The van der Waals surface area contributed by atoms with E-state index in [4.69, 9.17) is 49.0 Å². The molecule has 4 rings (SSSR count). The van der Waals surface area contributed by atoms with Gasteiger partial charge in [0.15, 0.2) is 11.9 Å². The van der Waals surface area contributed by atoms with Crippen LogP contribution in [0.2, 0.25) is 15.1 Å². The summed E-state index contributed by atoms with van der Waals surface area (Å²) in [5.41, 5.74) is 2.80. The number of carbonyl (C=O) groups excluding carboxylic acids is 1. The molecule has 1 aliphatic rings. The van der Waals surface area contributed by atoms with Gasteiger partial charge >= 0.3 is 6.09 Å². The zero-order chi connectivity index (χ0) is 33.4. The van der Waals surface area contributed by atoms with Crippen molar-refractivity contribution >= 4 is 46.8 Å². The van der Waals surface area contributed by atoms with E-state index >= 15 is 0 Å². The molecule has 248 valence electrons. The monoisotopic (exact) mass is 693 g/mol. The summed E-state index contributed by atoms with van der Waals surface area (Å²) in [4.78, 5) is 27.1. The lowest BCUT2D eigenvalue weighted by Crippen LogP contribution is -2.43. The van der Waals surface area contributed by atoms with Crippen LogP contribution in [0.1, 0.15) is 54.7 Å². The maximum absolute atomic E-state index is 14.0. The van der Waals surface area contributed by atoms with Gasteiger partial charge in [0.2, 0.25) is 11.6 Å². The predicted molar refractivity (Wildman–Crippen MR) is 176 cm³/mol. The van der Waals surface area contributed by atoms with Crippen LogP contribution >= 0.6 is 34.8 Å². The highest BCUT2D eigenvalue weighted by Gasteiger charge is 2.37. The number of methoxy groups -OCH3 is 1. The second-order valence-corrected chi connectivity index (χ2v) is 12.4. The van der Waals surface area contributed by atoms with Gasteiger partial charge in [-0.1, -0.05) is 53.9 Å². The van der Waals surface area contributed by atoms with Gasteiger partial charge in [0.25, 0.3) is 0 Å². The lowest BCUT2D eigenvalue weighted by molar-refractivity contribution is -0.618. The van der Waals surface area contributed by atoms with Gasteiger partial charge in [-0.25, -0.2) is 4.79 Å². The number of nitrogens with zero attached hydrogens (tertiary/aromatic N) is 2. The number of benzene rings is 2. The lowest BCUT2D eigenvalue weighted by Gasteiger charge is -2.28. The molecule has 2 amide bonds. The standard InChI is InChI=1S/C33H38Cl3N3O7/c1-4-30(44-3)29-16-23(28(36)19-39(29)43)18-38(24-7-8-24)32(40)22(17-37-33(41)42)15-21-5-9-25(10-6-21)45-11-12-46-31-26(34)13-20(2)14-27(31)35/h5-6,9-10,13-14,16,19,22,24,30,37H,4,7-8,11-12,15,17-18H2,1-3H3,(H,41,42). The summed E-state index contributed by atoms with van der Waals surface area (Å²) in [6.07, 6.45) is 2.20. The summed E-state index contributed by atoms with van der Waals surface area (Å²) in [6, 6.07) is 12.5. The number of carbonyl (C=O) groups is 2. The van der Waals surface area contributed by atoms with Crippen LogP contribution in [0, 0.1) is 18.0 Å². The smallest absolute Gasteiger partial charge is 0.404 e. The molecule has 0 aliphatic heterocycles. The molecule has 2 unspecified atom stereocenters. The first-order valence-electron chi connectivity index (χ1n) is 15.0. The summed E-state index contributed by atoms with van der Waals surface area (Å²) in [5, 5.41) is 25.3. The molecule has 1 saturated carbocycles. The van der Waals surface area contributed by atoms with Crippen LogP contribution in [0.3, 0.4) is 0 Å². The van der Waals surface area contributed by atoms with Crippen molar-refractivity contribution in [2.45, 2.75) is 58.2 Å². The van der Waals surface area contributed by atoms with Crippen LogP contribution in [0.5, 0.6) is 11.5 Å². The summed E-state index contributed by atoms with van der Waals surface area (Å²) < 4.78 is 17.7. The lowest BCUT2D eigenvalue weighted by atomic mass is 9.97. The Labute approximate surface area is 283 Å². The Kier molecular flexibility index (Phi) is 12.6. The molecule has 13 heteroatoms. The van der Waals surface area contributed by atoms with Crippen LogP contribution in [0.25, 0.3) is 0 Å². The number of halogens is 3. The van der Waals surface area contributed by atoms with E-state index in [2.05, 4.69) is 5.32 Å². The van der Waals surface area contributed by atoms with Crippen molar-refractivity contribution in [1.82, 2.24) is 10.2 Å². The van der Waals surface area contributed by atoms with Gasteiger partial charge in [-0.2, -0.15) is 4.73 Å². The second kappa shape index (κ2) is 16.4. The SMILES string of the molecule is CCC(OC)c1cc(CN(C(=O)C(CNC(=O)O)Cc2ccc(OCCOc3c(Cl)cc(C)cc3Cl)cc2)C2CC2)c(Cl)c[n+]1[O-]. The van der Waals surface area contributed by atoms with Gasteiger partial charge < -0.3 is 34.7 Å². The zero-order valence-electron chi connectivity index (χ0n) is 25.9. The Morgan fingerprint density at radius 3 is 2.30 bits per heavy atom. The third kappa shape index (κ3) is 9.54. The molecular formula is C33H38Cl3N3O7. The number of ether oxygens (including phenoxy) is 3. The molecule has 2 atom stereocenters. The van der Waals surface area contributed by atoms with Crippen molar-refractivity contribution < 1.29 is 33.6 Å². The van der Waals surface area contributed by atoms with Gasteiger partial charge in [-0.15, -0.1) is 0 Å². The minimum Gasteiger partial charge on any atom is -0.618 e. The highest BCUT2D eigenvalue weighted by Crippen LogP contribution is 2.34. The third-order valence-corrected chi connectivity index (χ3v) is 8.61. The minimum absolute atomic E-state index is 0.00555. The number of hydrogen-bond donors (Lipinski definition) is 2. The maximum atomic E-state index is 14.0. The molecule has 2 aromatic carbocycles. The fraction of sp³-hybridized carbons (Fsp3) is 0.424. The molecule has 3 aromatic rings. The van der Waals surface area contributed by atoms with Crippen LogP contribution in [0.4, 0.5) is 4.79 Å². The normalized spacial score (nSPS) is 14.0. The van der Waals surface area contributed by atoms with E-state index in [0.29, 0.717) is 50.4 Å². The summed E-state index contributed by atoms with van der Waals surface area (Å²) in [7, 11) is 1.54. The van der Waals surface area contributed by atoms with E-state index in [0.717, 1.165) is 24.0 Å². The number of amides is 2. The largest absolute Gasteiger partial charge is 0.618 e. The first kappa shape index (κ1) is 35.4. The molecule has 0 radical (unpaired) electrons. The number of aromatic nitrogens is 1. The van der Waals surface area contributed by atoms with Gasteiger partial charge in [0, 0.05) is 37.9 Å². The van der Waals surface area contributed by atoms with E-state index in [1.807, 2.05) is 26.0 Å². The molecule has 10 nitrogen and oxygen atoms in total. The molecule has 0 bridgehead atoms. The van der Waals surface area contributed by atoms with Crippen molar-refractivity contribution in [1.29, 1.82) is 0 Å². The minimum atomic E-state index is -1.21. The Hall–Kier alpha value is -3.44. The second-order valence-electron chi connectivity index (χ2n) is 11.2. The number of rotatable bonds is 16. The number of nitrogens with one attached hydrogen (secondary N) is 1. The molecule has 1 heterocycles. The molecule has 1 aromatic heterocycles. The zero-order valence-corrected chi connectivity index (χ0v) is 28.2. The molecule has 1 aliphatic carbocycles. The average molecular weight is 695 g/mol. The molecule has 1 fully saturated rings. The first-order valence-corrected chi connectivity index (χ1v) is 16.2. The van der Waals surface area contributed by atoms with Crippen LogP contribution in [-0.2, 0) is 22.5 Å². The van der Waals surface area contributed by atoms with E-state index in [9.17, 15) is 19.9 Å².